The molecule has 0 saturated carbocycles. The molecule has 1 atom stereocenters. The molecule has 4 nitrogen and oxygen atoms in total. The van der Waals surface area contributed by atoms with Crippen molar-refractivity contribution in [2.24, 2.45) is 11.1 Å². The van der Waals surface area contributed by atoms with Gasteiger partial charge in [0.2, 0.25) is 9.84 Å². The molecule has 1 unspecified atom stereocenters. The van der Waals surface area contributed by atoms with Gasteiger partial charge in [0.1, 0.15) is 0 Å². The van der Waals surface area contributed by atoms with E-state index in [4.69, 9.17) is 5.73 Å². The van der Waals surface area contributed by atoms with Gasteiger partial charge in [-0.25, -0.2) is 8.42 Å². The number of hydrogen-bond donors (Lipinski definition) is 1. The van der Waals surface area contributed by atoms with Crippen molar-refractivity contribution in [3.05, 3.63) is 59.7 Å². The molecule has 1 fully saturated rings. The standard InChI is InChI=1S/C20H26N2O2S/c1-16-3-7-18(8-4-16)25(23,24)19-9-5-17(6-10-19)13-22-12-11-20(2,14-21)15-22/h3-10H,11-15,21H2,1-2H3. The lowest BCUT2D eigenvalue weighted by Crippen LogP contribution is -2.31. The summed E-state index contributed by atoms with van der Waals surface area (Å²) >= 11 is 0. The molecule has 0 bridgehead atoms. The Balaban J connectivity index is 1.73. The van der Waals surface area contributed by atoms with Crippen molar-refractivity contribution >= 4 is 9.84 Å². The van der Waals surface area contributed by atoms with Crippen molar-refractivity contribution in [1.29, 1.82) is 0 Å². The van der Waals surface area contributed by atoms with Crippen LogP contribution in [0.4, 0.5) is 0 Å². The zero-order valence-electron chi connectivity index (χ0n) is 14.9. The molecule has 1 heterocycles. The molecule has 25 heavy (non-hydrogen) atoms. The second-order valence-electron chi connectivity index (χ2n) is 7.44. The SMILES string of the molecule is Cc1ccc(S(=O)(=O)c2ccc(CN3CCC(C)(CN)C3)cc2)cc1. The Kier molecular flexibility index (Phi) is 5.00. The maximum Gasteiger partial charge on any atom is 0.206 e. The van der Waals surface area contributed by atoms with Crippen molar-refractivity contribution in [1.82, 2.24) is 4.90 Å². The summed E-state index contributed by atoms with van der Waals surface area (Å²) in [6, 6.07) is 14.2. The number of nitrogens with two attached hydrogens (primary N) is 1. The van der Waals surface area contributed by atoms with Crippen LogP contribution in [0.1, 0.15) is 24.5 Å². The van der Waals surface area contributed by atoms with E-state index in [1.807, 2.05) is 31.2 Å². The number of hydrogen-bond acceptors (Lipinski definition) is 4. The van der Waals surface area contributed by atoms with Gasteiger partial charge in [0, 0.05) is 13.1 Å². The first-order valence-corrected chi connectivity index (χ1v) is 10.1. The first kappa shape index (κ1) is 18.1. The highest BCUT2D eigenvalue weighted by Crippen LogP contribution is 2.29. The van der Waals surface area contributed by atoms with Crippen molar-refractivity contribution in [2.45, 2.75) is 36.6 Å². The number of rotatable bonds is 5. The lowest BCUT2D eigenvalue weighted by molar-refractivity contribution is 0.274. The third-order valence-electron chi connectivity index (χ3n) is 5.10. The number of nitrogens with zero attached hydrogens (tertiary/aromatic N) is 1. The van der Waals surface area contributed by atoms with Crippen LogP contribution in [-0.2, 0) is 16.4 Å². The Morgan fingerprint density at radius 3 is 2.12 bits per heavy atom. The Bertz CT molecular complexity index is 829. The largest absolute Gasteiger partial charge is 0.330 e. The van der Waals surface area contributed by atoms with Crippen molar-refractivity contribution < 1.29 is 8.42 Å². The fraction of sp³-hybridized carbons (Fsp3) is 0.400. The molecule has 0 amide bonds. The minimum absolute atomic E-state index is 0.203. The Labute approximate surface area is 150 Å². The van der Waals surface area contributed by atoms with Gasteiger partial charge in [0.25, 0.3) is 0 Å². The van der Waals surface area contributed by atoms with Crippen LogP contribution in [0.2, 0.25) is 0 Å². The molecule has 0 spiro atoms. The van der Waals surface area contributed by atoms with Crippen LogP contribution in [-0.4, -0.2) is 33.0 Å². The topological polar surface area (TPSA) is 63.4 Å². The lowest BCUT2D eigenvalue weighted by atomic mass is 9.90. The third kappa shape index (κ3) is 3.94. The fourth-order valence-electron chi connectivity index (χ4n) is 3.31. The average molecular weight is 359 g/mol. The van der Waals surface area contributed by atoms with Crippen LogP contribution in [0.3, 0.4) is 0 Å². The van der Waals surface area contributed by atoms with Crippen molar-refractivity contribution in [2.75, 3.05) is 19.6 Å². The molecule has 1 aliphatic rings. The zero-order valence-corrected chi connectivity index (χ0v) is 15.7. The second-order valence-corrected chi connectivity index (χ2v) is 9.39. The first-order chi connectivity index (χ1) is 11.8. The summed E-state index contributed by atoms with van der Waals surface area (Å²) < 4.78 is 25.4. The molecule has 0 aliphatic carbocycles. The molecule has 5 heteroatoms. The summed E-state index contributed by atoms with van der Waals surface area (Å²) in [5, 5.41) is 0. The number of aryl methyl sites for hydroxylation is 1. The van der Waals surface area contributed by atoms with E-state index in [1.165, 1.54) is 0 Å². The summed E-state index contributed by atoms with van der Waals surface area (Å²) in [5.74, 6) is 0. The number of sulfone groups is 1. The van der Waals surface area contributed by atoms with E-state index in [0.29, 0.717) is 16.3 Å². The average Bonchev–Trinajstić information content (AvgIpc) is 2.97. The quantitative estimate of drug-likeness (QED) is 0.892. The molecular formula is C20H26N2O2S. The van der Waals surface area contributed by atoms with Gasteiger partial charge < -0.3 is 5.73 Å². The fourth-order valence-corrected chi connectivity index (χ4v) is 4.57. The van der Waals surface area contributed by atoms with Crippen LogP contribution in [0.15, 0.2) is 58.3 Å². The monoisotopic (exact) mass is 358 g/mol. The van der Waals surface area contributed by atoms with Gasteiger partial charge in [-0.15, -0.1) is 0 Å². The van der Waals surface area contributed by atoms with Crippen LogP contribution in [0.5, 0.6) is 0 Å². The summed E-state index contributed by atoms with van der Waals surface area (Å²) in [4.78, 5) is 3.06. The molecule has 0 radical (unpaired) electrons. The van der Waals surface area contributed by atoms with Crippen LogP contribution in [0.25, 0.3) is 0 Å². The van der Waals surface area contributed by atoms with Crippen LogP contribution in [0, 0.1) is 12.3 Å². The Hall–Kier alpha value is -1.69. The van der Waals surface area contributed by atoms with Gasteiger partial charge in [-0.05, 0) is 61.7 Å². The summed E-state index contributed by atoms with van der Waals surface area (Å²) in [7, 11) is -3.45. The second kappa shape index (κ2) is 6.90. The van der Waals surface area contributed by atoms with E-state index in [-0.39, 0.29) is 5.41 Å². The summed E-state index contributed by atoms with van der Waals surface area (Å²) in [6.07, 6.45) is 1.11. The molecule has 0 aromatic heterocycles. The molecule has 2 aromatic rings. The molecule has 3 rings (SSSR count). The van der Waals surface area contributed by atoms with Crippen LogP contribution < -0.4 is 5.73 Å². The first-order valence-electron chi connectivity index (χ1n) is 8.66. The zero-order chi connectivity index (χ0) is 18.1. The van der Waals surface area contributed by atoms with E-state index in [0.717, 1.165) is 37.2 Å². The number of likely N-dealkylation sites (tertiary alicyclic amines) is 1. The maximum absolute atomic E-state index is 12.7. The Morgan fingerprint density at radius 1 is 1.04 bits per heavy atom. The van der Waals surface area contributed by atoms with Gasteiger partial charge in [-0.3, -0.25) is 4.90 Å². The summed E-state index contributed by atoms with van der Waals surface area (Å²) in [6.45, 7) is 7.74. The van der Waals surface area contributed by atoms with Gasteiger partial charge in [0.15, 0.2) is 0 Å². The van der Waals surface area contributed by atoms with Crippen molar-refractivity contribution in [3.8, 4) is 0 Å². The molecule has 1 aliphatic heterocycles. The van der Waals surface area contributed by atoms with E-state index in [9.17, 15) is 8.42 Å². The molecular weight excluding hydrogens is 332 g/mol. The van der Waals surface area contributed by atoms with Crippen LogP contribution >= 0.6 is 0 Å². The molecule has 1 saturated heterocycles. The van der Waals surface area contributed by atoms with E-state index in [1.54, 1.807) is 24.3 Å². The van der Waals surface area contributed by atoms with E-state index in [2.05, 4.69) is 11.8 Å². The number of benzene rings is 2. The Morgan fingerprint density at radius 2 is 1.60 bits per heavy atom. The predicted molar refractivity (Wildman–Crippen MR) is 100 cm³/mol. The molecule has 2 aromatic carbocycles. The maximum atomic E-state index is 12.7. The van der Waals surface area contributed by atoms with Gasteiger partial charge in [-0.1, -0.05) is 36.8 Å². The highest BCUT2D eigenvalue weighted by molar-refractivity contribution is 7.91. The smallest absolute Gasteiger partial charge is 0.206 e. The minimum Gasteiger partial charge on any atom is -0.330 e. The van der Waals surface area contributed by atoms with Crippen molar-refractivity contribution in [3.63, 3.8) is 0 Å². The third-order valence-corrected chi connectivity index (χ3v) is 6.89. The highest BCUT2D eigenvalue weighted by atomic mass is 32.2. The normalized spacial score (nSPS) is 21.6. The molecule has 134 valence electrons. The van der Waals surface area contributed by atoms with Gasteiger partial charge in [0.05, 0.1) is 9.79 Å². The van der Waals surface area contributed by atoms with Gasteiger partial charge >= 0.3 is 0 Å². The summed E-state index contributed by atoms with van der Waals surface area (Å²) in [5.41, 5.74) is 8.24. The lowest BCUT2D eigenvalue weighted by Gasteiger charge is -2.22. The highest BCUT2D eigenvalue weighted by Gasteiger charge is 2.32. The minimum atomic E-state index is -3.45. The predicted octanol–water partition coefficient (Wildman–Crippen LogP) is 3.00. The van der Waals surface area contributed by atoms with E-state index < -0.39 is 9.84 Å². The van der Waals surface area contributed by atoms with Gasteiger partial charge in [-0.2, -0.15) is 0 Å². The van der Waals surface area contributed by atoms with E-state index >= 15 is 0 Å². The molecule has 2 N–H and O–H groups in total.